The molecule has 1 atom stereocenters. The van der Waals surface area contributed by atoms with Crippen LogP contribution in [0.5, 0.6) is 5.75 Å². The number of halogens is 2. The maximum Gasteiger partial charge on any atom is 0.253 e. The van der Waals surface area contributed by atoms with Crippen LogP contribution in [-0.4, -0.2) is 46.6 Å². The van der Waals surface area contributed by atoms with Crippen molar-refractivity contribution in [2.75, 3.05) is 25.1 Å². The molecule has 10 heteroatoms. The number of nitrogens with zero attached hydrogens (tertiary/aromatic N) is 1. The summed E-state index contributed by atoms with van der Waals surface area (Å²) in [6.07, 6.45) is 0.714. The lowest BCUT2D eigenvalue weighted by atomic mass is 10.2. The molecule has 1 saturated heterocycles. The van der Waals surface area contributed by atoms with E-state index >= 15 is 0 Å². The summed E-state index contributed by atoms with van der Waals surface area (Å²) in [7, 11) is -2.14. The van der Waals surface area contributed by atoms with Crippen molar-refractivity contribution in [3.05, 3.63) is 52.0 Å². The number of anilines is 1. The predicted octanol–water partition coefficient (Wildman–Crippen LogP) is 3.70. The van der Waals surface area contributed by atoms with Crippen LogP contribution in [0, 0.1) is 0 Å². The van der Waals surface area contributed by atoms with Crippen LogP contribution in [0.1, 0.15) is 30.6 Å². The first-order valence-electron chi connectivity index (χ1n) is 9.82. The fourth-order valence-electron chi connectivity index (χ4n) is 3.49. The Morgan fingerprint density at radius 1 is 1.19 bits per heavy atom. The normalized spacial score (nSPS) is 16.6. The van der Waals surface area contributed by atoms with Gasteiger partial charge in [0.05, 0.1) is 28.3 Å². The van der Waals surface area contributed by atoms with Crippen LogP contribution in [0.2, 0.25) is 10.0 Å². The van der Waals surface area contributed by atoms with Gasteiger partial charge in [0.25, 0.3) is 5.91 Å². The molecule has 3 rings (SSSR count). The second-order valence-corrected chi connectivity index (χ2v) is 10.2. The Kier molecular flexibility index (Phi) is 7.36. The van der Waals surface area contributed by atoms with Crippen LogP contribution in [0.15, 0.2) is 41.3 Å². The molecule has 0 bridgehead atoms. The molecule has 2 N–H and O–H groups in total. The highest BCUT2D eigenvalue weighted by Gasteiger charge is 2.27. The largest absolute Gasteiger partial charge is 0.495 e. The van der Waals surface area contributed by atoms with E-state index in [9.17, 15) is 13.2 Å². The standard InChI is InChI=1S/C21H25Cl2N3O4S/c1-13(2)25-31(28,29)16-5-6-18(23)17(11-16)21(27)24-15-8-9-26(12-15)19-10-14(22)4-7-20(19)30-3/h4-7,10-11,13,15,25H,8-9,12H2,1-3H3,(H,24,27). The minimum absolute atomic E-state index is 0.00698. The monoisotopic (exact) mass is 485 g/mol. The van der Waals surface area contributed by atoms with Gasteiger partial charge in [0.2, 0.25) is 10.0 Å². The molecular weight excluding hydrogens is 461 g/mol. The van der Waals surface area contributed by atoms with Crippen molar-refractivity contribution in [2.45, 2.75) is 37.2 Å². The van der Waals surface area contributed by atoms with Crippen LogP contribution in [0.25, 0.3) is 0 Å². The highest BCUT2D eigenvalue weighted by Crippen LogP contribution is 2.33. The number of carbonyl (C=O) groups excluding carboxylic acids is 1. The van der Waals surface area contributed by atoms with Crippen molar-refractivity contribution in [2.24, 2.45) is 0 Å². The summed E-state index contributed by atoms with van der Waals surface area (Å²) in [5.41, 5.74) is 0.977. The first-order valence-corrected chi connectivity index (χ1v) is 12.1. The van der Waals surface area contributed by atoms with Gasteiger partial charge in [-0.15, -0.1) is 0 Å². The third-order valence-electron chi connectivity index (χ3n) is 4.89. The Balaban J connectivity index is 1.74. The zero-order valence-electron chi connectivity index (χ0n) is 17.5. The van der Waals surface area contributed by atoms with E-state index < -0.39 is 15.9 Å². The van der Waals surface area contributed by atoms with Gasteiger partial charge >= 0.3 is 0 Å². The smallest absolute Gasteiger partial charge is 0.253 e. The van der Waals surface area contributed by atoms with Gasteiger partial charge < -0.3 is 15.0 Å². The molecule has 0 radical (unpaired) electrons. The van der Waals surface area contributed by atoms with Crippen molar-refractivity contribution in [3.63, 3.8) is 0 Å². The lowest BCUT2D eigenvalue weighted by molar-refractivity contribution is 0.0940. The summed E-state index contributed by atoms with van der Waals surface area (Å²) in [4.78, 5) is 14.9. The zero-order valence-corrected chi connectivity index (χ0v) is 19.8. The molecule has 31 heavy (non-hydrogen) atoms. The molecule has 1 fully saturated rings. The topological polar surface area (TPSA) is 87.7 Å². The van der Waals surface area contributed by atoms with Crippen LogP contribution in [0.3, 0.4) is 0 Å². The highest BCUT2D eigenvalue weighted by molar-refractivity contribution is 7.89. The van der Waals surface area contributed by atoms with Crippen molar-refractivity contribution in [3.8, 4) is 5.75 Å². The molecule has 7 nitrogen and oxygen atoms in total. The number of sulfonamides is 1. The maximum atomic E-state index is 12.9. The van der Waals surface area contributed by atoms with Crippen LogP contribution >= 0.6 is 23.2 Å². The Hall–Kier alpha value is -2.00. The van der Waals surface area contributed by atoms with Gasteiger partial charge in [0.15, 0.2) is 0 Å². The molecule has 1 aliphatic rings. The van der Waals surface area contributed by atoms with E-state index in [0.29, 0.717) is 30.3 Å². The number of hydrogen-bond acceptors (Lipinski definition) is 5. The number of rotatable bonds is 7. The third-order valence-corrected chi connectivity index (χ3v) is 7.11. The molecule has 0 saturated carbocycles. The van der Waals surface area contributed by atoms with Crippen molar-refractivity contribution in [1.82, 2.24) is 10.0 Å². The summed E-state index contributed by atoms with van der Waals surface area (Å²) in [5, 5.41) is 3.74. The van der Waals surface area contributed by atoms with Crippen molar-refractivity contribution >= 4 is 44.8 Å². The molecule has 0 aliphatic carbocycles. The molecule has 0 aromatic heterocycles. The zero-order chi connectivity index (χ0) is 22.8. The maximum absolute atomic E-state index is 12.9. The van der Waals surface area contributed by atoms with Gasteiger partial charge in [-0.05, 0) is 56.7 Å². The Bertz CT molecular complexity index is 1080. The second kappa shape index (κ2) is 9.65. The summed E-state index contributed by atoms with van der Waals surface area (Å²) in [5.74, 6) is 0.284. The van der Waals surface area contributed by atoms with E-state index in [1.807, 2.05) is 6.07 Å². The molecule has 1 unspecified atom stereocenters. The minimum Gasteiger partial charge on any atom is -0.495 e. The van der Waals surface area contributed by atoms with Crippen LogP contribution in [-0.2, 0) is 10.0 Å². The number of hydrogen-bond donors (Lipinski definition) is 2. The Morgan fingerprint density at radius 2 is 1.94 bits per heavy atom. The molecule has 1 aliphatic heterocycles. The average Bonchev–Trinajstić information content (AvgIpc) is 3.15. The molecule has 1 heterocycles. The van der Waals surface area contributed by atoms with E-state index in [1.54, 1.807) is 33.1 Å². The van der Waals surface area contributed by atoms with Gasteiger partial charge in [-0.2, -0.15) is 0 Å². The quantitative estimate of drug-likeness (QED) is 0.624. The van der Waals surface area contributed by atoms with Gasteiger partial charge in [-0.25, -0.2) is 13.1 Å². The molecule has 2 aromatic carbocycles. The number of ether oxygens (including phenoxy) is 1. The van der Waals surface area contributed by atoms with Crippen molar-refractivity contribution in [1.29, 1.82) is 0 Å². The molecule has 2 aromatic rings. The Labute approximate surface area is 192 Å². The van der Waals surface area contributed by atoms with E-state index in [2.05, 4.69) is 14.9 Å². The summed E-state index contributed by atoms with van der Waals surface area (Å²) in [6.45, 7) is 4.72. The average molecular weight is 486 g/mol. The van der Waals surface area contributed by atoms with Gasteiger partial charge in [0, 0.05) is 30.2 Å². The SMILES string of the molecule is COc1ccc(Cl)cc1N1CCC(NC(=O)c2cc(S(=O)(=O)NC(C)C)ccc2Cl)C1. The number of nitrogens with one attached hydrogen (secondary N) is 2. The first kappa shape index (κ1) is 23.7. The number of benzene rings is 2. The van der Waals surface area contributed by atoms with E-state index in [-0.39, 0.29) is 27.6 Å². The summed E-state index contributed by atoms with van der Waals surface area (Å²) >= 11 is 12.3. The fraction of sp³-hybridized carbons (Fsp3) is 0.381. The lowest BCUT2D eigenvalue weighted by Crippen LogP contribution is -2.37. The summed E-state index contributed by atoms with van der Waals surface area (Å²) < 4.78 is 32.8. The van der Waals surface area contributed by atoms with Crippen LogP contribution in [0.4, 0.5) is 5.69 Å². The van der Waals surface area contributed by atoms with Gasteiger partial charge in [0.1, 0.15) is 5.75 Å². The molecule has 1 amide bonds. The van der Waals surface area contributed by atoms with Crippen LogP contribution < -0.4 is 19.7 Å². The number of carbonyl (C=O) groups is 1. The first-order chi connectivity index (χ1) is 14.6. The third kappa shape index (κ3) is 5.63. The number of methoxy groups -OCH3 is 1. The molecular formula is C21H25Cl2N3O4S. The molecule has 0 spiro atoms. The summed E-state index contributed by atoms with van der Waals surface area (Å²) in [6, 6.07) is 9.09. The van der Waals surface area contributed by atoms with E-state index in [4.69, 9.17) is 27.9 Å². The van der Waals surface area contributed by atoms with Crippen molar-refractivity contribution < 1.29 is 17.9 Å². The minimum atomic E-state index is -3.74. The number of amides is 1. The molecule has 168 valence electrons. The highest BCUT2D eigenvalue weighted by atomic mass is 35.5. The Morgan fingerprint density at radius 3 is 2.61 bits per heavy atom. The van der Waals surface area contributed by atoms with E-state index in [1.165, 1.54) is 18.2 Å². The fourth-order valence-corrected chi connectivity index (χ4v) is 5.14. The van der Waals surface area contributed by atoms with Gasteiger partial charge in [-0.3, -0.25) is 4.79 Å². The predicted molar refractivity (Wildman–Crippen MR) is 123 cm³/mol. The second-order valence-electron chi connectivity index (χ2n) is 7.64. The lowest BCUT2D eigenvalue weighted by Gasteiger charge is -2.22. The van der Waals surface area contributed by atoms with Gasteiger partial charge in [-0.1, -0.05) is 23.2 Å². The van der Waals surface area contributed by atoms with E-state index in [0.717, 1.165) is 5.69 Å².